The number of hydrogen-bond donors (Lipinski definition) is 1. The van der Waals surface area contributed by atoms with Crippen molar-refractivity contribution in [3.8, 4) is 0 Å². The standard InChI is InChI=1S/C15H22F3N3/c1-20(2)14-5-3-12(4-6-14)19-13-7-9-21(10-8-13)11-15(16,17)18/h3-6,13,19H,7-11H2,1-2H3. The number of nitrogens with one attached hydrogen (secondary N) is 1. The van der Waals surface area contributed by atoms with Crippen molar-refractivity contribution in [2.75, 3.05) is 43.9 Å². The van der Waals surface area contributed by atoms with Crippen LogP contribution in [0, 0.1) is 0 Å². The Morgan fingerprint density at radius 3 is 2.19 bits per heavy atom. The summed E-state index contributed by atoms with van der Waals surface area (Å²) < 4.78 is 37.0. The summed E-state index contributed by atoms with van der Waals surface area (Å²) in [7, 11) is 3.97. The molecule has 1 aliphatic rings. The zero-order valence-corrected chi connectivity index (χ0v) is 12.5. The van der Waals surface area contributed by atoms with E-state index in [1.54, 1.807) is 0 Å². The molecule has 1 N–H and O–H groups in total. The van der Waals surface area contributed by atoms with Gasteiger partial charge in [0, 0.05) is 44.6 Å². The third-order valence-corrected chi connectivity index (χ3v) is 3.74. The lowest BCUT2D eigenvalue weighted by molar-refractivity contribution is -0.147. The highest BCUT2D eigenvalue weighted by Gasteiger charge is 2.32. The second kappa shape index (κ2) is 6.56. The second-order valence-corrected chi connectivity index (χ2v) is 5.75. The molecule has 0 aromatic heterocycles. The minimum Gasteiger partial charge on any atom is -0.382 e. The van der Waals surface area contributed by atoms with Crippen molar-refractivity contribution in [3.63, 3.8) is 0 Å². The average Bonchev–Trinajstić information content (AvgIpc) is 2.40. The van der Waals surface area contributed by atoms with Gasteiger partial charge in [-0.15, -0.1) is 0 Å². The maximum absolute atomic E-state index is 12.3. The van der Waals surface area contributed by atoms with Crippen molar-refractivity contribution in [2.45, 2.75) is 25.1 Å². The van der Waals surface area contributed by atoms with Crippen LogP contribution >= 0.6 is 0 Å². The van der Waals surface area contributed by atoms with Gasteiger partial charge in [0.2, 0.25) is 0 Å². The first-order chi connectivity index (χ1) is 9.83. The van der Waals surface area contributed by atoms with Crippen LogP contribution in [-0.4, -0.2) is 50.8 Å². The lowest BCUT2D eigenvalue weighted by atomic mass is 10.0. The molecule has 0 aliphatic carbocycles. The Hall–Kier alpha value is -1.43. The Balaban J connectivity index is 1.80. The maximum Gasteiger partial charge on any atom is 0.401 e. The molecule has 1 fully saturated rings. The van der Waals surface area contributed by atoms with Crippen LogP contribution in [0.2, 0.25) is 0 Å². The number of nitrogens with zero attached hydrogens (tertiary/aromatic N) is 2. The lowest BCUT2D eigenvalue weighted by Gasteiger charge is -2.33. The Labute approximate surface area is 123 Å². The molecule has 0 atom stereocenters. The minimum absolute atomic E-state index is 0.250. The van der Waals surface area contributed by atoms with Gasteiger partial charge in [-0.05, 0) is 37.1 Å². The fourth-order valence-electron chi connectivity index (χ4n) is 2.58. The fraction of sp³-hybridized carbons (Fsp3) is 0.600. The normalized spacial score (nSPS) is 17.8. The Morgan fingerprint density at radius 1 is 1.14 bits per heavy atom. The number of hydrogen-bond acceptors (Lipinski definition) is 3. The zero-order valence-electron chi connectivity index (χ0n) is 12.5. The molecule has 0 unspecified atom stereocenters. The average molecular weight is 301 g/mol. The first-order valence-electron chi connectivity index (χ1n) is 7.16. The van der Waals surface area contributed by atoms with Crippen molar-refractivity contribution >= 4 is 11.4 Å². The van der Waals surface area contributed by atoms with E-state index in [4.69, 9.17) is 0 Å². The van der Waals surface area contributed by atoms with Crippen molar-refractivity contribution in [2.24, 2.45) is 0 Å². The van der Waals surface area contributed by atoms with E-state index in [1.807, 2.05) is 43.3 Å². The highest BCUT2D eigenvalue weighted by atomic mass is 19.4. The van der Waals surface area contributed by atoms with Crippen molar-refractivity contribution in [1.29, 1.82) is 0 Å². The molecule has 1 aromatic rings. The molecule has 2 rings (SSSR count). The van der Waals surface area contributed by atoms with Crippen molar-refractivity contribution in [3.05, 3.63) is 24.3 Å². The van der Waals surface area contributed by atoms with Gasteiger partial charge in [0.15, 0.2) is 0 Å². The van der Waals surface area contributed by atoms with Crippen LogP contribution in [-0.2, 0) is 0 Å². The van der Waals surface area contributed by atoms with Gasteiger partial charge in [0.25, 0.3) is 0 Å². The summed E-state index contributed by atoms with van der Waals surface area (Å²) in [4.78, 5) is 3.51. The van der Waals surface area contributed by atoms with E-state index in [2.05, 4.69) is 5.32 Å². The molecule has 118 valence electrons. The number of piperidine rings is 1. The van der Waals surface area contributed by atoms with Crippen LogP contribution < -0.4 is 10.2 Å². The summed E-state index contributed by atoms with van der Waals surface area (Å²) in [5, 5.41) is 3.40. The van der Waals surface area contributed by atoms with Gasteiger partial charge in [0.1, 0.15) is 0 Å². The smallest absolute Gasteiger partial charge is 0.382 e. The highest BCUT2D eigenvalue weighted by molar-refractivity contribution is 5.54. The van der Waals surface area contributed by atoms with Crippen molar-refractivity contribution in [1.82, 2.24) is 4.90 Å². The number of rotatable bonds is 4. The van der Waals surface area contributed by atoms with E-state index < -0.39 is 12.7 Å². The second-order valence-electron chi connectivity index (χ2n) is 5.75. The summed E-state index contributed by atoms with van der Waals surface area (Å²) in [5.74, 6) is 0. The van der Waals surface area contributed by atoms with Gasteiger partial charge in [-0.2, -0.15) is 13.2 Å². The van der Waals surface area contributed by atoms with Gasteiger partial charge in [-0.1, -0.05) is 0 Å². The third-order valence-electron chi connectivity index (χ3n) is 3.74. The van der Waals surface area contributed by atoms with Crippen LogP contribution in [0.4, 0.5) is 24.5 Å². The van der Waals surface area contributed by atoms with Gasteiger partial charge < -0.3 is 10.2 Å². The number of likely N-dealkylation sites (tertiary alicyclic amines) is 1. The molecule has 3 nitrogen and oxygen atoms in total. The lowest BCUT2D eigenvalue weighted by Crippen LogP contribution is -2.43. The molecule has 0 saturated carbocycles. The topological polar surface area (TPSA) is 18.5 Å². The maximum atomic E-state index is 12.3. The SMILES string of the molecule is CN(C)c1ccc(NC2CCN(CC(F)(F)F)CC2)cc1. The quantitative estimate of drug-likeness (QED) is 0.921. The molecule has 0 radical (unpaired) electrons. The van der Waals surface area contributed by atoms with Crippen molar-refractivity contribution < 1.29 is 13.2 Å². The molecule has 0 amide bonds. The summed E-state index contributed by atoms with van der Waals surface area (Å²) in [6.45, 7) is 0.192. The highest BCUT2D eigenvalue weighted by Crippen LogP contribution is 2.22. The third kappa shape index (κ3) is 5.12. The van der Waals surface area contributed by atoms with Crippen LogP contribution in [0.5, 0.6) is 0 Å². The molecule has 0 spiro atoms. The van der Waals surface area contributed by atoms with Gasteiger partial charge in [-0.25, -0.2) is 0 Å². The molecule has 6 heteroatoms. The van der Waals surface area contributed by atoms with E-state index in [1.165, 1.54) is 4.90 Å². The number of alkyl halides is 3. The van der Waals surface area contributed by atoms with E-state index in [9.17, 15) is 13.2 Å². The van der Waals surface area contributed by atoms with Gasteiger partial charge in [0.05, 0.1) is 6.54 Å². The van der Waals surface area contributed by atoms with Crippen LogP contribution in [0.3, 0.4) is 0 Å². The Kier molecular flexibility index (Phi) is 4.98. The van der Waals surface area contributed by atoms with Gasteiger partial charge >= 0.3 is 6.18 Å². The van der Waals surface area contributed by atoms with Gasteiger partial charge in [-0.3, -0.25) is 4.90 Å². The van der Waals surface area contributed by atoms with Crippen LogP contribution in [0.1, 0.15) is 12.8 Å². The summed E-state index contributed by atoms with van der Waals surface area (Å²) in [5.41, 5.74) is 2.15. The van der Waals surface area contributed by atoms with Crippen LogP contribution in [0.25, 0.3) is 0 Å². The molecule has 21 heavy (non-hydrogen) atoms. The number of halogens is 3. The predicted molar refractivity (Wildman–Crippen MR) is 79.9 cm³/mol. The Bertz CT molecular complexity index is 434. The molecule has 0 bridgehead atoms. The predicted octanol–water partition coefficient (Wildman–Crippen LogP) is 3.19. The van der Waals surface area contributed by atoms with Crippen LogP contribution in [0.15, 0.2) is 24.3 Å². The summed E-state index contributed by atoms with van der Waals surface area (Å²) in [6.07, 6.45) is -2.61. The Morgan fingerprint density at radius 2 is 1.71 bits per heavy atom. The molecule has 1 aliphatic heterocycles. The molecular weight excluding hydrogens is 279 g/mol. The summed E-state index contributed by atoms with van der Waals surface area (Å²) >= 11 is 0. The van der Waals surface area contributed by atoms with E-state index in [0.717, 1.165) is 24.2 Å². The summed E-state index contributed by atoms with van der Waals surface area (Å²) in [6, 6.07) is 8.33. The first kappa shape index (κ1) is 15.9. The monoisotopic (exact) mass is 301 g/mol. The zero-order chi connectivity index (χ0) is 15.5. The molecule has 1 aromatic carbocycles. The van der Waals surface area contributed by atoms with E-state index in [0.29, 0.717) is 13.1 Å². The molecular formula is C15H22F3N3. The minimum atomic E-state index is -4.09. The number of anilines is 2. The van der Waals surface area contributed by atoms with E-state index in [-0.39, 0.29) is 6.04 Å². The number of benzene rings is 1. The first-order valence-corrected chi connectivity index (χ1v) is 7.16. The largest absolute Gasteiger partial charge is 0.401 e. The fourth-order valence-corrected chi connectivity index (χ4v) is 2.58. The molecule has 1 heterocycles. The van der Waals surface area contributed by atoms with E-state index >= 15 is 0 Å². The molecule has 1 saturated heterocycles.